The first-order valence-corrected chi connectivity index (χ1v) is 10.8. The van der Waals surface area contributed by atoms with Crippen LogP contribution in [-0.2, 0) is 19.1 Å². The van der Waals surface area contributed by atoms with Crippen molar-refractivity contribution in [2.24, 2.45) is 5.92 Å². The van der Waals surface area contributed by atoms with E-state index in [1.807, 2.05) is 37.3 Å². The molecular weight excluding hydrogens is 368 g/mol. The Morgan fingerprint density at radius 1 is 1.07 bits per heavy atom. The van der Waals surface area contributed by atoms with Crippen molar-refractivity contribution in [2.75, 3.05) is 6.54 Å². The van der Waals surface area contributed by atoms with Crippen LogP contribution in [0.25, 0.3) is 0 Å². The fourth-order valence-corrected chi connectivity index (χ4v) is 4.24. The number of carbonyl (C=O) groups excluding carboxylic acids is 3. The zero-order valence-corrected chi connectivity index (χ0v) is 17.4. The Balaban J connectivity index is 1.51. The highest BCUT2D eigenvalue weighted by molar-refractivity contribution is 5.89. The molecule has 1 aromatic carbocycles. The summed E-state index contributed by atoms with van der Waals surface area (Å²) in [7, 11) is 0. The van der Waals surface area contributed by atoms with E-state index in [-0.39, 0.29) is 30.3 Å². The van der Waals surface area contributed by atoms with Gasteiger partial charge in [0.1, 0.15) is 0 Å². The largest absolute Gasteiger partial charge is 0.452 e. The van der Waals surface area contributed by atoms with Crippen LogP contribution in [0, 0.1) is 5.92 Å². The number of amides is 2. The van der Waals surface area contributed by atoms with E-state index in [9.17, 15) is 14.4 Å². The maximum absolute atomic E-state index is 12.6. The van der Waals surface area contributed by atoms with Crippen molar-refractivity contribution in [1.29, 1.82) is 0 Å². The SMILES string of the molecule is C[C@H](OC(=O)[C@H]1CC(=O)N([C@H](C)c2ccccc2)C1)C(=O)NC1CCCCCC1. The normalized spacial score (nSPS) is 22.6. The monoisotopic (exact) mass is 400 g/mol. The molecule has 1 saturated carbocycles. The summed E-state index contributed by atoms with van der Waals surface area (Å²) in [5.74, 6) is -1.30. The van der Waals surface area contributed by atoms with Crippen LogP contribution in [0.2, 0.25) is 0 Å². The average molecular weight is 401 g/mol. The van der Waals surface area contributed by atoms with Crippen LogP contribution in [0.5, 0.6) is 0 Å². The molecule has 29 heavy (non-hydrogen) atoms. The Kier molecular flexibility index (Phi) is 7.29. The van der Waals surface area contributed by atoms with Crippen molar-refractivity contribution >= 4 is 17.8 Å². The molecule has 0 radical (unpaired) electrons. The topological polar surface area (TPSA) is 75.7 Å². The summed E-state index contributed by atoms with van der Waals surface area (Å²) in [5.41, 5.74) is 1.03. The van der Waals surface area contributed by atoms with E-state index in [2.05, 4.69) is 5.32 Å². The summed E-state index contributed by atoms with van der Waals surface area (Å²) in [6.45, 7) is 3.89. The second kappa shape index (κ2) is 9.90. The van der Waals surface area contributed by atoms with Gasteiger partial charge in [0.25, 0.3) is 5.91 Å². The van der Waals surface area contributed by atoms with Crippen molar-refractivity contribution in [2.45, 2.75) is 77.0 Å². The molecular formula is C23H32N2O4. The van der Waals surface area contributed by atoms with Crippen LogP contribution in [0.15, 0.2) is 30.3 Å². The highest BCUT2D eigenvalue weighted by atomic mass is 16.5. The minimum Gasteiger partial charge on any atom is -0.452 e. The van der Waals surface area contributed by atoms with Crippen molar-refractivity contribution < 1.29 is 19.1 Å². The number of hydrogen-bond acceptors (Lipinski definition) is 4. The fraction of sp³-hybridized carbons (Fsp3) is 0.609. The molecule has 1 saturated heterocycles. The fourth-order valence-electron chi connectivity index (χ4n) is 4.24. The van der Waals surface area contributed by atoms with E-state index in [1.165, 1.54) is 12.8 Å². The summed E-state index contributed by atoms with van der Waals surface area (Å²) in [6.07, 6.45) is 5.92. The number of nitrogens with one attached hydrogen (secondary N) is 1. The van der Waals surface area contributed by atoms with Gasteiger partial charge in [0.05, 0.1) is 12.0 Å². The second-order valence-corrected chi connectivity index (χ2v) is 8.31. The third-order valence-electron chi connectivity index (χ3n) is 6.10. The third kappa shape index (κ3) is 5.58. The summed E-state index contributed by atoms with van der Waals surface area (Å²) in [4.78, 5) is 39.2. The quantitative estimate of drug-likeness (QED) is 0.587. The van der Waals surface area contributed by atoms with Crippen LogP contribution in [0.3, 0.4) is 0 Å². The molecule has 6 heteroatoms. The maximum Gasteiger partial charge on any atom is 0.312 e. The molecule has 0 unspecified atom stereocenters. The van der Waals surface area contributed by atoms with E-state index >= 15 is 0 Å². The average Bonchev–Trinajstić information content (AvgIpc) is 2.93. The van der Waals surface area contributed by atoms with Gasteiger partial charge in [0, 0.05) is 19.0 Å². The van der Waals surface area contributed by atoms with Gasteiger partial charge in [-0.25, -0.2) is 0 Å². The molecule has 1 heterocycles. The smallest absolute Gasteiger partial charge is 0.312 e. The molecule has 2 aliphatic rings. The summed E-state index contributed by atoms with van der Waals surface area (Å²) >= 11 is 0. The Morgan fingerprint density at radius 2 is 1.72 bits per heavy atom. The molecule has 1 aliphatic carbocycles. The molecule has 0 spiro atoms. The van der Waals surface area contributed by atoms with Gasteiger partial charge in [-0.15, -0.1) is 0 Å². The maximum atomic E-state index is 12.6. The molecule has 158 valence electrons. The number of carbonyl (C=O) groups is 3. The highest BCUT2D eigenvalue weighted by Gasteiger charge is 2.39. The Labute approximate surface area is 173 Å². The van der Waals surface area contributed by atoms with E-state index in [1.54, 1.807) is 11.8 Å². The van der Waals surface area contributed by atoms with Crippen LogP contribution in [0.1, 0.15) is 70.4 Å². The van der Waals surface area contributed by atoms with Gasteiger partial charge in [-0.1, -0.05) is 56.0 Å². The Morgan fingerprint density at radius 3 is 2.38 bits per heavy atom. The zero-order valence-electron chi connectivity index (χ0n) is 17.4. The molecule has 0 bridgehead atoms. The minimum absolute atomic E-state index is 0.0566. The Bertz CT molecular complexity index is 713. The van der Waals surface area contributed by atoms with E-state index in [0.29, 0.717) is 6.54 Å². The van der Waals surface area contributed by atoms with Crippen LogP contribution in [-0.4, -0.2) is 41.4 Å². The second-order valence-electron chi connectivity index (χ2n) is 8.31. The Hall–Kier alpha value is -2.37. The van der Waals surface area contributed by atoms with Gasteiger partial charge in [0.15, 0.2) is 6.10 Å². The first-order chi connectivity index (χ1) is 14.0. The summed E-state index contributed by atoms with van der Waals surface area (Å²) in [5, 5.41) is 3.02. The molecule has 1 aliphatic heterocycles. The van der Waals surface area contributed by atoms with Gasteiger partial charge in [-0.2, -0.15) is 0 Å². The van der Waals surface area contributed by atoms with Gasteiger partial charge < -0.3 is 15.0 Å². The zero-order chi connectivity index (χ0) is 20.8. The van der Waals surface area contributed by atoms with Crippen molar-refractivity contribution in [1.82, 2.24) is 10.2 Å². The number of nitrogens with zero attached hydrogens (tertiary/aromatic N) is 1. The molecule has 0 aromatic heterocycles. The van der Waals surface area contributed by atoms with Crippen LogP contribution < -0.4 is 5.32 Å². The van der Waals surface area contributed by atoms with E-state index in [4.69, 9.17) is 4.74 Å². The lowest BCUT2D eigenvalue weighted by Crippen LogP contribution is -2.42. The number of ether oxygens (including phenoxy) is 1. The molecule has 1 aromatic rings. The van der Waals surface area contributed by atoms with Crippen molar-refractivity contribution in [3.63, 3.8) is 0 Å². The standard InChI is InChI=1S/C23H32N2O4/c1-16(18-10-6-5-7-11-18)25-15-19(14-21(25)26)23(28)29-17(2)22(27)24-20-12-8-3-4-9-13-20/h5-7,10-11,16-17,19-20H,3-4,8-9,12-15H2,1-2H3,(H,24,27)/t16-,17+,19+/m1/s1. The molecule has 1 N–H and O–H groups in total. The lowest BCUT2D eigenvalue weighted by atomic mass is 10.1. The summed E-state index contributed by atoms with van der Waals surface area (Å²) in [6, 6.07) is 9.83. The highest BCUT2D eigenvalue weighted by Crippen LogP contribution is 2.29. The van der Waals surface area contributed by atoms with E-state index < -0.39 is 18.0 Å². The minimum atomic E-state index is -0.846. The van der Waals surface area contributed by atoms with Gasteiger partial charge in [-0.3, -0.25) is 14.4 Å². The summed E-state index contributed by atoms with van der Waals surface area (Å²) < 4.78 is 5.42. The van der Waals surface area contributed by atoms with Crippen molar-refractivity contribution in [3.8, 4) is 0 Å². The first kappa shape index (κ1) is 21.3. The van der Waals surface area contributed by atoms with E-state index in [0.717, 1.165) is 31.2 Å². The van der Waals surface area contributed by atoms with Crippen LogP contribution >= 0.6 is 0 Å². The predicted molar refractivity (Wildman–Crippen MR) is 110 cm³/mol. The number of hydrogen-bond donors (Lipinski definition) is 1. The molecule has 2 amide bonds. The molecule has 2 fully saturated rings. The van der Waals surface area contributed by atoms with Gasteiger partial charge in [-0.05, 0) is 32.3 Å². The number of likely N-dealkylation sites (tertiary alicyclic amines) is 1. The van der Waals surface area contributed by atoms with Gasteiger partial charge in [0.2, 0.25) is 5.91 Å². The first-order valence-electron chi connectivity index (χ1n) is 10.8. The molecule has 3 atom stereocenters. The van der Waals surface area contributed by atoms with Crippen LogP contribution in [0.4, 0.5) is 0 Å². The van der Waals surface area contributed by atoms with Gasteiger partial charge >= 0.3 is 5.97 Å². The third-order valence-corrected chi connectivity index (χ3v) is 6.10. The van der Waals surface area contributed by atoms with Crippen molar-refractivity contribution in [3.05, 3.63) is 35.9 Å². The number of esters is 1. The molecule has 6 nitrogen and oxygen atoms in total. The molecule has 3 rings (SSSR count). The number of rotatable bonds is 6. The number of benzene rings is 1. The predicted octanol–water partition coefficient (Wildman–Crippen LogP) is 3.37. The lowest BCUT2D eigenvalue weighted by Gasteiger charge is -2.25. The lowest BCUT2D eigenvalue weighted by molar-refractivity contribution is -0.158.